The first-order chi connectivity index (χ1) is 8.79. The third kappa shape index (κ3) is 1.62. The van der Waals surface area contributed by atoms with Crippen LogP contribution < -0.4 is 0 Å². The van der Waals surface area contributed by atoms with Gasteiger partial charge in [-0.2, -0.15) is 0 Å². The van der Waals surface area contributed by atoms with E-state index in [2.05, 4.69) is 4.98 Å². The summed E-state index contributed by atoms with van der Waals surface area (Å²) in [5.41, 5.74) is 1.51. The lowest BCUT2D eigenvalue weighted by Crippen LogP contribution is -2.02. The number of nitrogens with zero attached hydrogens (tertiary/aromatic N) is 1. The summed E-state index contributed by atoms with van der Waals surface area (Å²) in [6.07, 6.45) is 1.70. The first-order valence-electron chi connectivity index (χ1n) is 5.74. The smallest absolute Gasteiger partial charge is 0.374 e. The molecule has 3 rings (SSSR count). The summed E-state index contributed by atoms with van der Waals surface area (Å²) in [6, 6.07) is 9.31. The number of aromatic nitrogens is 1. The minimum Gasteiger partial charge on any atom is -0.460 e. The number of hydrogen-bond donors (Lipinski definition) is 0. The van der Waals surface area contributed by atoms with Crippen molar-refractivity contribution in [3.8, 4) is 0 Å². The number of rotatable bonds is 2. The van der Waals surface area contributed by atoms with Crippen molar-refractivity contribution in [1.82, 2.24) is 4.98 Å². The molecule has 0 aliphatic rings. The average molecular weight is 241 g/mol. The highest BCUT2D eigenvalue weighted by molar-refractivity contribution is 6.04. The molecule has 18 heavy (non-hydrogen) atoms. The average Bonchev–Trinajstić information content (AvgIpc) is 2.83. The lowest BCUT2D eigenvalue weighted by atomic mass is 10.2. The van der Waals surface area contributed by atoms with Crippen LogP contribution in [0.3, 0.4) is 0 Å². The third-order valence-electron chi connectivity index (χ3n) is 2.73. The lowest BCUT2D eigenvalue weighted by molar-refractivity contribution is 0.0493. The van der Waals surface area contributed by atoms with Gasteiger partial charge in [0.2, 0.25) is 5.76 Å². The SMILES string of the molecule is CCOC(=O)c1cc2cnc3ccccc3c2o1. The van der Waals surface area contributed by atoms with Gasteiger partial charge in [-0.05, 0) is 19.1 Å². The maximum atomic E-state index is 11.6. The molecule has 4 nitrogen and oxygen atoms in total. The van der Waals surface area contributed by atoms with Crippen molar-refractivity contribution in [3.05, 3.63) is 42.3 Å². The minimum atomic E-state index is -0.446. The molecule has 0 bridgehead atoms. The molecule has 2 aromatic heterocycles. The monoisotopic (exact) mass is 241 g/mol. The van der Waals surface area contributed by atoms with Crippen molar-refractivity contribution in [3.63, 3.8) is 0 Å². The number of fused-ring (bicyclic) bond motifs is 3. The number of ether oxygens (including phenoxy) is 1. The number of benzene rings is 1. The van der Waals surface area contributed by atoms with Crippen LogP contribution in [0.5, 0.6) is 0 Å². The van der Waals surface area contributed by atoms with Crippen LogP contribution in [0.1, 0.15) is 17.5 Å². The molecule has 0 aliphatic carbocycles. The summed E-state index contributed by atoms with van der Waals surface area (Å²) in [6.45, 7) is 2.09. The highest BCUT2D eigenvalue weighted by atomic mass is 16.5. The van der Waals surface area contributed by atoms with Gasteiger partial charge in [-0.1, -0.05) is 12.1 Å². The number of furan rings is 1. The Labute approximate surface area is 103 Å². The normalized spacial score (nSPS) is 10.9. The van der Waals surface area contributed by atoms with E-state index in [1.165, 1.54) is 0 Å². The number of carbonyl (C=O) groups is 1. The van der Waals surface area contributed by atoms with Crippen LogP contribution in [0.2, 0.25) is 0 Å². The molecule has 0 fully saturated rings. The molecule has 3 aromatic rings. The summed E-state index contributed by atoms with van der Waals surface area (Å²) < 4.78 is 10.5. The number of esters is 1. The van der Waals surface area contributed by atoms with E-state index < -0.39 is 5.97 Å². The predicted octanol–water partition coefficient (Wildman–Crippen LogP) is 3.16. The first-order valence-corrected chi connectivity index (χ1v) is 5.74. The molecule has 2 heterocycles. The lowest BCUT2D eigenvalue weighted by Gasteiger charge is -1.97. The van der Waals surface area contributed by atoms with Crippen molar-refractivity contribution in [2.24, 2.45) is 0 Å². The topological polar surface area (TPSA) is 52.3 Å². The number of pyridine rings is 1. The van der Waals surface area contributed by atoms with Crippen LogP contribution in [0.25, 0.3) is 21.9 Å². The van der Waals surface area contributed by atoms with Crippen molar-refractivity contribution in [2.45, 2.75) is 6.92 Å². The number of hydrogen-bond acceptors (Lipinski definition) is 4. The van der Waals surface area contributed by atoms with Crippen LogP contribution in [-0.4, -0.2) is 17.6 Å². The van der Waals surface area contributed by atoms with E-state index in [0.717, 1.165) is 16.3 Å². The fourth-order valence-electron chi connectivity index (χ4n) is 1.93. The molecule has 0 saturated carbocycles. The Morgan fingerprint density at radius 1 is 1.39 bits per heavy atom. The molecule has 0 spiro atoms. The second-order valence-electron chi connectivity index (χ2n) is 3.89. The zero-order valence-corrected chi connectivity index (χ0v) is 9.84. The largest absolute Gasteiger partial charge is 0.460 e. The fourth-order valence-corrected chi connectivity index (χ4v) is 1.93. The Bertz CT molecular complexity index is 730. The molecule has 0 unspecified atom stereocenters. The van der Waals surface area contributed by atoms with Crippen LogP contribution in [0, 0.1) is 0 Å². The predicted molar refractivity (Wildman–Crippen MR) is 67.5 cm³/mol. The molecule has 0 N–H and O–H groups in total. The molecular formula is C14H11NO3. The van der Waals surface area contributed by atoms with Crippen LogP contribution >= 0.6 is 0 Å². The van der Waals surface area contributed by atoms with Gasteiger partial charge in [-0.25, -0.2) is 4.79 Å². The molecule has 0 atom stereocenters. The molecule has 0 aliphatic heterocycles. The van der Waals surface area contributed by atoms with Crippen molar-refractivity contribution in [2.75, 3.05) is 6.61 Å². The van der Waals surface area contributed by atoms with E-state index in [4.69, 9.17) is 9.15 Å². The second-order valence-corrected chi connectivity index (χ2v) is 3.89. The maximum Gasteiger partial charge on any atom is 0.374 e. The summed E-state index contributed by atoms with van der Waals surface area (Å²) >= 11 is 0. The maximum absolute atomic E-state index is 11.6. The van der Waals surface area contributed by atoms with Gasteiger partial charge in [-0.3, -0.25) is 4.98 Å². The Kier molecular flexibility index (Phi) is 2.48. The number of carbonyl (C=O) groups excluding carboxylic acids is 1. The Morgan fingerprint density at radius 3 is 3.06 bits per heavy atom. The summed E-state index contributed by atoms with van der Waals surface area (Å²) in [4.78, 5) is 15.9. The van der Waals surface area contributed by atoms with E-state index in [-0.39, 0.29) is 5.76 Å². The number of para-hydroxylation sites is 1. The van der Waals surface area contributed by atoms with Crippen LogP contribution in [-0.2, 0) is 4.74 Å². The highest BCUT2D eigenvalue weighted by Crippen LogP contribution is 2.26. The van der Waals surface area contributed by atoms with Crippen LogP contribution in [0.15, 0.2) is 40.9 Å². The van der Waals surface area contributed by atoms with Crippen LogP contribution in [0.4, 0.5) is 0 Å². The molecule has 1 aromatic carbocycles. The summed E-state index contributed by atoms with van der Waals surface area (Å²) in [7, 11) is 0. The Hall–Kier alpha value is -2.36. The van der Waals surface area contributed by atoms with Gasteiger partial charge < -0.3 is 9.15 Å². The van der Waals surface area contributed by atoms with Gasteiger partial charge in [0.25, 0.3) is 0 Å². The van der Waals surface area contributed by atoms with E-state index in [0.29, 0.717) is 12.2 Å². The van der Waals surface area contributed by atoms with Gasteiger partial charge in [0.1, 0.15) is 5.58 Å². The molecule has 4 heteroatoms. The van der Waals surface area contributed by atoms with Gasteiger partial charge in [0.15, 0.2) is 0 Å². The van der Waals surface area contributed by atoms with Crippen molar-refractivity contribution < 1.29 is 13.9 Å². The molecule has 0 amide bonds. The van der Waals surface area contributed by atoms with E-state index >= 15 is 0 Å². The fraction of sp³-hybridized carbons (Fsp3) is 0.143. The first kappa shape index (κ1) is 10.8. The third-order valence-corrected chi connectivity index (χ3v) is 2.73. The molecule has 0 radical (unpaired) electrons. The molecular weight excluding hydrogens is 230 g/mol. The van der Waals surface area contributed by atoms with E-state index in [1.54, 1.807) is 19.2 Å². The molecule has 0 saturated heterocycles. The Morgan fingerprint density at radius 2 is 2.22 bits per heavy atom. The minimum absolute atomic E-state index is 0.213. The zero-order chi connectivity index (χ0) is 12.5. The van der Waals surface area contributed by atoms with Crippen molar-refractivity contribution >= 4 is 27.8 Å². The standard InChI is InChI=1S/C14H11NO3/c1-2-17-14(16)12-7-9-8-15-11-6-4-3-5-10(11)13(9)18-12/h3-8H,2H2,1H3. The highest BCUT2D eigenvalue weighted by Gasteiger charge is 2.14. The van der Waals surface area contributed by atoms with Gasteiger partial charge in [0.05, 0.1) is 12.1 Å². The summed E-state index contributed by atoms with van der Waals surface area (Å²) in [5, 5.41) is 1.70. The van der Waals surface area contributed by atoms with Gasteiger partial charge in [0, 0.05) is 23.0 Å². The second kappa shape index (κ2) is 4.14. The van der Waals surface area contributed by atoms with E-state index in [9.17, 15) is 4.79 Å². The molecule has 90 valence electrons. The van der Waals surface area contributed by atoms with Gasteiger partial charge in [-0.15, -0.1) is 0 Å². The quantitative estimate of drug-likeness (QED) is 0.647. The van der Waals surface area contributed by atoms with Gasteiger partial charge >= 0.3 is 5.97 Å². The zero-order valence-electron chi connectivity index (χ0n) is 9.84. The van der Waals surface area contributed by atoms with Crippen molar-refractivity contribution in [1.29, 1.82) is 0 Å². The summed E-state index contributed by atoms with van der Waals surface area (Å²) in [5.74, 6) is -0.234. The van der Waals surface area contributed by atoms with E-state index in [1.807, 2.05) is 24.3 Å². The Balaban J connectivity index is 2.22.